The van der Waals surface area contributed by atoms with Crippen LogP contribution >= 0.6 is 0 Å². The standard InChI is InChI=1S/C11H15N2/c1-2-3-4-7-13-8-5-6-11(9-12)10-13/h5-6,8,10H,2-4,7H2,1H3/q+1. The van der Waals surface area contributed by atoms with Crippen LogP contribution < -0.4 is 4.57 Å². The summed E-state index contributed by atoms with van der Waals surface area (Å²) in [6.07, 6.45) is 7.59. The van der Waals surface area contributed by atoms with E-state index in [9.17, 15) is 0 Å². The minimum atomic E-state index is 0.735. The van der Waals surface area contributed by atoms with Crippen LogP contribution in [0.2, 0.25) is 0 Å². The van der Waals surface area contributed by atoms with Crippen molar-refractivity contribution in [1.82, 2.24) is 0 Å². The molecule has 0 amide bonds. The summed E-state index contributed by atoms with van der Waals surface area (Å²) in [4.78, 5) is 0. The lowest BCUT2D eigenvalue weighted by Gasteiger charge is -1.95. The SMILES string of the molecule is CCCCC[n+]1cccc(C#N)c1. The fourth-order valence-corrected chi connectivity index (χ4v) is 1.27. The van der Waals surface area contributed by atoms with Crippen LogP contribution in [0.5, 0.6) is 0 Å². The molecule has 0 aliphatic carbocycles. The Morgan fingerprint density at radius 1 is 1.46 bits per heavy atom. The molecule has 0 spiro atoms. The van der Waals surface area contributed by atoms with Crippen molar-refractivity contribution in [3.63, 3.8) is 0 Å². The number of hydrogen-bond donors (Lipinski definition) is 0. The zero-order valence-electron chi connectivity index (χ0n) is 8.03. The highest BCUT2D eigenvalue weighted by molar-refractivity contribution is 5.21. The van der Waals surface area contributed by atoms with Crippen LogP contribution in [0.4, 0.5) is 0 Å². The van der Waals surface area contributed by atoms with Crippen LogP contribution in [0.25, 0.3) is 0 Å². The maximum atomic E-state index is 8.67. The second-order valence-electron chi connectivity index (χ2n) is 3.15. The Hall–Kier alpha value is -1.36. The summed E-state index contributed by atoms with van der Waals surface area (Å²) >= 11 is 0. The van der Waals surface area contributed by atoms with Crippen LogP contribution in [0.1, 0.15) is 31.7 Å². The summed E-state index contributed by atoms with van der Waals surface area (Å²) < 4.78 is 2.08. The third-order valence-electron chi connectivity index (χ3n) is 2.01. The largest absolute Gasteiger partial charge is 0.204 e. The van der Waals surface area contributed by atoms with Gasteiger partial charge in [-0.25, -0.2) is 4.57 Å². The molecule has 1 heterocycles. The first-order valence-electron chi connectivity index (χ1n) is 4.76. The lowest BCUT2D eigenvalue weighted by Crippen LogP contribution is -2.32. The zero-order valence-corrected chi connectivity index (χ0v) is 8.03. The van der Waals surface area contributed by atoms with E-state index in [1.807, 2.05) is 24.5 Å². The van der Waals surface area contributed by atoms with Gasteiger partial charge in [-0.05, 0) is 12.5 Å². The van der Waals surface area contributed by atoms with Crippen LogP contribution in [0.3, 0.4) is 0 Å². The van der Waals surface area contributed by atoms with Gasteiger partial charge in [0.15, 0.2) is 12.4 Å². The van der Waals surface area contributed by atoms with E-state index in [0.29, 0.717) is 0 Å². The van der Waals surface area contributed by atoms with Crippen molar-refractivity contribution >= 4 is 0 Å². The van der Waals surface area contributed by atoms with E-state index in [2.05, 4.69) is 17.6 Å². The molecular weight excluding hydrogens is 160 g/mol. The zero-order chi connectivity index (χ0) is 9.52. The summed E-state index contributed by atoms with van der Waals surface area (Å²) in [6.45, 7) is 3.21. The van der Waals surface area contributed by atoms with Crippen molar-refractivity contribution in [2.45, 2.75) is 32.7 Å². The van der Waals surface area contributed by atoms with Crippen molar-refractivity contribution in [3.05, 3.63) is 30.1 Å². The fraction of sp³-hybridized carbons (Fsp3) is 0.455. The normalized spacial score (nSPS) is 9.54. The van der Waals surface area contributed by atoms with Gasteiger partial charge in [-0.1, -0.05) is 13.3 Å². The highest BCUT2D eigenvalue weighted by atomic mass is 14.9. The van der Waals surface area contributed by atoms with Gasteiger partial charge in [0.05, 0.1) is 0 Å². The first kappa shape index (κ1) is 9.73. The van der Waals surface area contributed by atoms with Gasteiger partial charge >= 0.3 is 0 Å². The van der Waals surface area contributed by atoms with Crippen LogP contribution in [-0.4, -0.2) is 0 Å². The van der Waals surface area contributed by atoms with Gasteiger partial charge in [0.1, 0.15) is 18.2 Å². The average molecular weight is 175 g/mol. The average Bonchev–Trinajstić information content (AvgIpc) is 2.19. The maximum absolute atomic E-state index is 8.67. The molecule has 0 aliphatic heterocycles. The van der Waals surface area contributed by atoms with Gasteiger partial charge in [-0.2, -0.15) is 5.26 Å². The van der Waals surface area contributed by atoms with Crippen molar-refractivity contribution in [3.8, 4) is 6.07 Å². The molecule has 0 saturated heterocycles. The molecule has 0 fully saturated rings. The van der Waals surface area contributed by atoms with E-state index >= 15 is 0 Å². The lowest BCUT2D eigenvalue weighted by atomic mass is 10.2. The molecule has 0 unspecified atom stereocenters. The predicted octanol–water partition coefficient (Wildman–Crippen LogP) is 2.04. The Morgan fingerprint density at radius 2 is 2.31 bits per heavy atom. The number of nitriles is 1. The number of aromatic nitrogens is 1. The molecule has 2 nitrogen and oxygen atoms in total. The van der Waals surface area contributed by atoms with Gasteiger partial charge in [0, 0.05) is 12.5 Å². The van der Waals surface area contributed by atoms with E-state index in [-0.39, 0.29) is 0 Å². The molecule has 68 valence electrons. The van der Waals surface area contributed by atoms with Gasteiger partial charge in [0.25, 0.3) is 0 Å². The summed E-state index contributed by atoms with van der Waals surface area (Å²) in [5, 5.41) is 8.67. The Labute approximate surface area is 79.4 Å². The Morgan fingerprint density at radius 3 is 3.00 bits per heavy atom. The number of rotatable bonds is 4. The summed E-state index contributed by atoms with van der Waals surface area (Å²) in [7, 11) is 0. The Balaban J connectivity index is 2.52. The number of pyridine rings is 1. The number of aryl methyl sites for hydroxylation is 1. The number of unbranched alkanes of at least 4 members (excludes halogenated alkanes) is 2. The highest BCUT2D eigenvalue weighted by Crippen LogP contribution is 1.95. The molecule has 0 aromatic carbocycles. The molecule has 13 heavy (non-hydrogen) atoms. The van der Waals surface area contributed by atoms with Gasteiger partial charge in [-0.3, -0.25) is 0 Å². The molecule has 2 heteroatoms. The van der Waals surface area contributed by atoms with Gasteiger partial charge in [0.2, 0.25) is 0 Å². The summed E-state index contributed by atoms with van der Waals surface area (Å²) in [6, 6.07) is 5.89. The van der Waals surface area contributed by atoms with Crippen LogP contribution in [0.15, 0.2) is 24.5 Å². The van der Waals surface area contributed by atoms with Crippen LogP contribution in [0, 0.1) is 11.3 Å². The number of nitrogens with zero attached hydrogens (tertiary/aromatic N) is 2. The third kappa shape index (κ3) is 3.25. The predicted molar refractivity (Wildman–Crippen MR) is 50.9 cm³/mol. The quantitative estimate of drug-likeness (QED) is 0.508. The number of hydrogen-bond acceptors (Lipinski definition) is 1. The summed E-state index contributed by atoms with van der Waals surface area (Å²) in [5.41, 5.74) is 0.735. The molecule has 0 N–H and O–H groups in total. The van der Waals surface area contributed by atoms with E-state index in [4.69, 9.17) is 5.26 Å². The monoisotopic (exact) mass is 175 g/mol. The first-order valence-corrected chi connectivity index (χ1v) is 4.76. The molecule has 1 rings (SSSR count). The molecular formula is C11H15N2+. The minimum absolute atomic E-state index is 0.735. The molecule has 0 saturated carbocycles. The molecule has 0 aliphatic rings. The van der Waals surface area contributed by atoms with Crippen molar-refractivity contribution in [2.24, 2.45) is 0 Å². The topological polar surface area (TPSA) is 27.7 Å². The molecule has 1 aromatic rings. The van der Waals surface area contributed by atoms with Gasteiger partial charge in [-0.15, -0.1) is 0 Å². The Bertz CT molecular complexity index is 299. The second kappa shape index (κ2) is 5.31. The second-order valence-corrected chi connectivity index (χ2v) is 3.15. The lowest BCUT2D eigenvalue weighted by molar-refractivity contribution is -0.697. The minimum Gasteiger partial charge on any atom is -0.204 e. The van der Waals surface area contributed by atoms with E-state index < -0.39 is 0 Å². The fourth-order valence-electron chi connectivity index (χ4n) is 1.27. The summed E-state index contributed by atoms with van der Waals surface area (Å²) in [5.74, 6) is 0. The Kier molecular flexibility index (Phi) is 3.98. The molecule has 0 bridgehead atoms. The van der Waals surface area contributed by atoms with Gasteiger partial charge < -0.3 is 0 Å². The highest BCUT2D eigenvalue weighted by Gasteiger charge is 2.00. The smallest absolute Gasteiger partial charge is 0.186 e. The van der Waals surface area contributed by atoms with Crippen molar-refractivity contribution in [1.29, 1.82) is 5.26 Å². The van der Waals surface area contributed by atoms with Crippen molar-refractivity contribution in [2.75, 3.05) is 0 Å². The van der Waals surface area contributed by atoms with E-state index in [1.165, 1.54) is 19.3 Å². The van der Waals surface area contributed by atoms with Crippen LogP contribution in [-0.2, 0) is 6.54 Å². The molecule has 1 aromatic heterocycles. The molecule has 0 atom stereocenters. The molecule has 0 radical (unpaired) electrons. The maximum Gasteiger partial charge on any atom is 0.186 e. The van der Waals surface area contributed by atoms with Crippen molar-refractivity contribution < 1.29 is 4.57 Å². The van der Waals surface area contributed by atoms with E-state index in [1.54, 1.807) is 0 Å². The van der Waals surface area contributed by atoms with E-state index in [0.717, 1.165) is 12.1 Å². The third-order valence-corrected chi connectivity index (χ3v) is 2.01. The first-order chi connectivity index (χ1) is 6.36.